The molecule has 0 heterocycles. The minimum absolute atomic E-state index is 0.0956. The molecule has 0 aliphatic heterocycles. The number of aryl methyl sites for hydroxylation is 1. The van der Waals surface area contributed by atoms with Crippen LogP contribution in [0.5, 0.6) is 0 Å². The van der Waals surface area contributed by atoms with Gasteiger partial charge < -0.3 is 10.4 Å². The Bertz CT molecular complexity index is 510. The summed E-state index contributed by atoms with van der Waals surface area (Å²) in [6, 6.07) is 5.15. The number of carbonyl (C=O) groups excluding carboxylic acids is 1. The van der Waals surface area contributed by atoms with Crippen LogP contribution >= 0.6 is 11.6 Å². The van der Waals surface area contributed by atoms with E-state index in [-0.39, 0.29) is 12.5 Å². The number of amides is 1. The molecule has 0 spiro atoms. The summed E-state index contributed by atoms with van der Waals surface area (Å²) in [6.07, 6.45) is 0.918. The molecular formula is C15H20ClNO3. The highest BCUT2D eigenvalue weighted by molar-refractivity contribution is 6.33. The van der Waals surface area contributed by atoms with Gasteiger partial charge in [0.15, 0.2) is 0 Å². The van der Waals surface area contributed by atoms with Gasteiger partial charge in [0.2, 0.25) is 0 Å². The Kier molecular flexibility index (Phi) is 5.57. The number of carboxylic acid groups (broad SMARTS) is 1. The summed E-state index contributed by atoms with van der Waals surface area (Å²) in [7, 11) is 0. The van der Waals surface area contributed by atoms with E-state index in [0.29, 0.717) is 23.4 Å². The molecular weight excluding hydrogens is 278 g/mol. The molecule has 110 valence electrons. The second-order valence-electron chi connectivity index (χ2n) is 4.96. The van der Waals surface area contributed by atoms with E-state index in [1.165, 1.54) is 0 Å². The van der Waals surface area contributed by atoms with Crippen molar-refractivity contribution in [2.24, 2.45) is 5.41 Å². The van der Waals surface area contributed by atoms with Gasteiger partial charge in [-0.1, -0.05) is 31.5 Å². The van der Waals surface area contributed by atoms with Crippen molar-refractivity contribution in [3.63, 3.8) is 0 Å². The van der Waals surface area contributed by atoms with Gasteiger partial charge in [-0.3, -0.25) is 9.59 Å². The molecule has 5 heteroatoms. The molecule has 1 amide bonds. The van der Waals surface area contributed by atoms with Gasteiger partial charge in [0.1, 0.15) is 0 Å². The Labute approximate surface area is 124 Å². The monoisotopic (exact) mass is 297 g/mol. The summed E-state index contributed by atoms with van der Waals surface area (Å²) in [6.45, 7) is 5.60. The summed E-state index contributed by atoms with van der Waals surface area (Å²) in [5.41, 5.74) is 0.407. The van der Waals surface area contributed by atoms with Crippen molar-refractivity contribution in [1.29, 1.82) is 0 Å². The molecule has 0 radical (unpaired) electrons. The Hall–Kier alpha value is -1.55. The number of rotatable bonds is 6. The molecule has 0 saturated heterocycles. The quantitative estimate of drug-likeness (QED) is 0.847. The third-order valence-corrected chi connectivity index (χ3v) is 4.08. The SMILES string of the molecule is CCC(CC)(CNC(=O)c1ccc(C)cc1Cl)C(=O)O. The van der Waals surface area contributed by atoms with Gasteiger partial charge in [0, 0.05) is 6.54 Å². The maximum absolute atomic E-state index is 12.1. The molecule has 0 atom stereocenters. The van der Waals surface area contributed by atoms with E-state index in [9.17, 15) is 14.7 Å². The first-order chi connectivity index (χ1) is 9.36. The molecule has 0 aromatic heterocycles. The molecule has 0 fully saturated rings. The van der Waals surface area contributed by atoms with E-state index in [1.54, 1.807) is 18.2 Å². The third-order valence-electron chi connectivity index (χ3n) is 3.76. The third kappa shape index (κ3) is 3.51. The summed E-state index contributed by atoms with van der Waals surface area (Å²) in [5.74, 6) is -1.24. The van der Waals surface area contributed by atoms with Crippen LogP contribution in [-0.4, -0.2) is 23.5 Å². The highest BCUT2D eigenvalue weighted by Gasteiger charge is 2.35. The first kappa shape index (κ1) is 16.5. The largest absolute Gasteiger partial charge is 0.481 e. The second-order valence-corrected chi connectivity index (χ2v) is 5.37. The van der Waals surface area contributed by atoms with E-state index < -0.39 is 11.4 Å². The maximum Gasteiger partial charge on any atom is 0.311 e. The predicted octanol–water partition coefficient (Wildman–Crippen LogP) is 3.27. The van der Waals surface area contributed by atoms with Gasteiger partial charge in [-0.25, -0.2) is 0 Å². The number of hydrogen-bond donors (Lipinski definition) is 2. The van der Waals surface area contributed by atoms with Gasteiger partial charge in [-0.15, -0.1) is 0 Å². The van der Waals surface area contributed by atoms with Crippen LogP contribution in [0.4, 0.5) is 0 Å². The average molecular weight is 298 g/mol. The summed E-state index contributed by atoms with van der Waals surface area (Å²) in [5, 5.41) is 12.4. The predicted molar refractivity (Wildman–Crippen MR) is 79.2 cm³/mol. The number of benzene rings is 1. The van der Waals surface area contributed by atoms with Crippen molar-refractivity contribution in [3.05, 3.63) is 34.3 Å². The van der Waals surface area contributed by atoms with Gasteiger partial charge in [-0.05, 0) is 37.5 Å². The Morgan fingerprint density at radius 1 is 1.30 bits per heavy atom. The molecule has 1 aromatic carbocycles. The van der Waals surface area contributed by atoms with Crippen molar-refractivity contribution < 1.29 is 14.7 Å². The van der Waals surface area contributed by atoms with Gasteiger partial charge in [0.25, 0.3) is 5.91 Å². The molecule has 0 bridgehead atoms. The number of carboxylic acids is 1. The van der Waals surface area contributed by atoms with E-state index in [1.807, 2.05) is 20.8 Å². The lowest BCUT2D eigenvalue weighted by Crippen LogP contribution is -2.42. The summed E-state index contributed by atoms with van der Waals surface area (Å²) in [4.78, 5) is 23.5. The van der Waals surface area contributed by atoms with E-state index >= 15 is 0 Å². The van der Waals surface area contributed by atoms with Crippen LogP contribution in [0.3, 0.4) is 0 Å². The zero-order valence-electron chi connectivity index (χ0n) is 12.0. The van der Waals surface area contributed by atoms with Crippen LogP contribution < -0.4 is 5.32 Å². The molecule has 1 rings (SSSR count). The van der Waals surface area contributed by atoms with Crippen molar-refractivity contribution in [2.75, 3.05) is 6.54 Å². The Morgan fingerprint density at radius 3 is 2.35 bits per heavy atom. The van der Waals surface area contributed by atoms with Crippen molar-refractivity contribution >= 4 is 23.5 Å². The second kappa shape index (κ2) is 6.75. The Morgan fingerprint density at radius 2 is 1.90 bits per heavy atom. The van der Waals surface area contributed by atoms with E-state index in [0.717, 1.165) is 5.56 Å². The smallest absolute Gasteiger partial charge is 0.311 e. The molecule has 4 nitrogen and oxygen atoms in total. The molecule has 0 unspecified atom stereocenters. The summed E-state index contributed by atoms with van der Waals surface area (Å²) < 4.78 is 0. The number of aliphatic carboxylic acids is 1. The van der Waals surface area contributed by atoms with Gasteiger partial charge in [0.05, 0.1) is 16.0 Å². The number of carbonyl (C=O) groups is 2. The fraction of sp³-hybridized carbons (Fsp3) is 0.467. The maximum atomic E-state index is 12.1. The standard InChI is InChI=1S/C15H20ClNO3/c1-4-15(5-2,14(19)20)9-17-13(18)11-7-6-10(3)8-12(11)16/h6-8H,4-5,9H2,1-3H3,(H,17,18)(H,19,20). The lowest BCUT2D eigenvalue weighted by atomic mass is 9.82. The number of halogens is 1. The van der Waals surface area contributed by atoms with Crippen LogP contribution in [-0.2, 0) is 4.79 Å². The minimum atomic E-state index is -0.924. The number of hydrogen-bond acceptors (Lipinski definition) is 2. The Balaban J connectivity index is 2.83. The van der Waals surface area contributed by atoms with E-state index in [2.05, 4.69) is 5.32 Å². The minimum Gasteiger partial charge on any atom is -0.481 e. The van der Waals surface area contributed by atoms with E-state index in [4.69, 9.17) is 11.6 Å². The van der Waals surface area contributed by atoms with Gasteiger partial charge in [-0.2, -0.15) is 0 Å². The van der Waals surface area contributed by atoms with Gasteiger partial charge >= 0.3 is 5.97 Å². The van der Waals surface area contributed by atoms with Crippen LogP contribution in [0, 0.1) is 12.3 Å². The normalized spacial score (nSPS) is 11.2. The highest BCUT2D eigenvalue weighted by atomic mass is 35.5. The topological polar surface area (TPSA) is 66.4 Å². The molecule has 0 aliphatic rings. The molecule has 20 heavy (non-hydrogen) atoms. The lowest BCUT2D eigenvalue weighted by Gasteiger charge is -2.26. The average Bonchev–Trinajstić information content (AvgIpc) is 2.39. The van der Waals surface area contributed by atoms with Crippen LogP contribution in [0.1, 0.15) is 42.6 Å². The zero-order chi connectivity index (χ0) is 15.3. The molecule has 0 saturated carbocycles. The van der Waals surface area contributed by atoms with Crippen LogP contribution in [0.25, 0.3) is 0 Å². The molecule has 2 N–H and O–H groups in total. The number of nitrogens with one attached hydrogen (secondary N) is 1. The highest BCUT2D eigenvalue weighted by Crippen LogP contribution is 2.26. The first-order valence-corrected chi connectivity index (χ1v) is 7.02. The summed E-state index contributed by atoms with van der Waals surface area (Å²) >= 11 is 6.03. The molecule has 0 aliphatic carbocycles. The van der Waals surface area contributed by atoms with Crippen LogP contribution in [0.2, 0.25) is 5.02 Å². The fourth-order valence-corrected chi connectivity index (χ4v) is 2.35. The zero-order valence-corrected chi connectivity index (χ0v) is 12.8. The fourth-order valence-electron chi connectivity index (χ4n) is 2.03. The van der Waals surface area contributed by atoms with Crippen molar-refractivity contribution in [1.82, 2.24) is 5.32 Å². The van der Waals surface area contributed by atoms with Crippen molar-refractivity contribution in [2.45, 2.75) is 33.6 Å². The van der Waals surface area contributed by atoms with Crippen molar-refractivity contribution in [3.8, 4) is 0 Å². The molecule has 1 aromatic rings. The lowest BCUT2D eigenvalue weighted by molar-refractivity contribution is -0.149. The van der Waals surface area contributed by atoms with Crippen LogP contribution in [0.15, 0.2) is 18.2 Å². The first-order valence-electron chi connectivity index (χ1n) is 6.64.